The van der Waals surface area contributed by atoms with E-state index in [1.165, 1.54) is 42.1 Å². The first-order valence-corrected chi connectivity index (χ1v) is 16.5. The van der Waals surface area contributed by atoms with Crippen molar-refractivity contribution in [1.82, 2.24) is 15.0 Å². The molecule has 0 bridgehead atoms. The quantitative estimate of drug-likeness (QED) is 0.193. The summed E-state index contributed by atoms with van der Waals surface area (Å²) >= 11 is 1.85. The number of hydrogen-bond donors (Lipinski definition) is 0. The molecule has 220 valence electrons. The van der Waals surface area contributed by atoms with Crippen LogP contribution < -0.4 is 0 Å². The Balaban J connectivity index is 1.16. The normalized spacial score (nSPS) is 11.4. The Bertz CT molecular complexity index is 2550. The van der Waals surface area contributed by atoms with E-state index < -0.39 is 0 Å². The van der Waals surface area contributed by atoms with E-state index in [2.05, 4.69) is 127 Å². The summed E-state index contributed by atoms with van der Waals surface area (Å²) in [5.41, 5.74) is 7.51. The molecule has 0 spiro atoms. The zero-order chi connectivity index (χ0) is 31.2. The van der Waals surface area contributed by atoms with Gasteiger partial charge >= 0.3 is 0 Å². The van der Waals surface area contributed by atoms with Crippen molar-refractivity contribution >= 4 is 42.3 Å². The lowest BCUT2D eigenvalue weighted by atomic mass is 9.96. The predicted octanol–water partition coefficient (Wildman–Crippen LogP) is 11.7. The molecule has 9 aromatic rings. The second-order valence-corrected chi connectivity index (χ2v) is 12.8. The number of fused-ring (bicyclic) bond motifs is 4. The topological polar surface area (TPSA) is 38.7 Å². The maximum atomic E-state index is 5.04. The van der Waals surface area contributed by atoms with Gasteiger partial charge in [-0.25, -0.2) is 15.0 Å². The molecule has 0 saturated heterocycles. The van der Waals surface area contributed by atoms with Crippen molar-refractivity contribution in [2.24, 2.45) is 0 Å². The van der Waals surface area contributed by atoms with E-state index in [1.807, 2.05) is 47.7 Å². The fourth-order valence-electron chi connectivity index (χ4n) is 6.37. The molecule has 0 radical (unpaired) electrons. The monoisotopic (exact) mass is 617 g/mol. The van der Waals surface area contributed by atoms with E-state index in [1.54, 1.807) is 0 Å². The summed E-state index contributed by atoms with van der Waals surface area (Å²) in [7, 11) is 0. The SMILES string of the molecule is c1ccc(-c2ccc(-c3nc(-c4ccccc4)nc(-c4cccc(-c5cccc6cc7c(cc56)sc5ccccc57)c4)n3)cc2)cc1. The van der Waals surface area contributed by atoms with Crippen molar-refractivity contribution in [3.63, 3.8) is 0 Å². The molecule has 0 N–H and O–H groups in total. The molecule has 0 atom stereocenters. The van der Waals surface area contributed by atoms with Gasteiger partial charge in [0.25, 0.3) is 0 Å². The van der Waals surface area contributed by atoms with Crippen LogP contribution in [-0.4, -0.2) is 15.0 Å². The summed E-state index contributed by atoms with van der Waals surface area (Å²) in [4.78, 5) is 15.0. The van der Waals surface area contributed by atoms with Crippen LogP contribution in [0.3, 0.4) is 0 Å². The minimum atomic E-state index is 0.648. The van der Waals surface area contributed by atoms with Gasteiger partial charge in [-0.3, -0.25) is 0 Å². The van der Waals surface area contributed by atoms with Gasteiger partial charge in [0.05, 0.1) is 0 Å². The van der Waals surface area contributed by atoms with Crippen molar-refractivity contribution in [2.45, 2.75) is 0 Å². The van der Waals surface area contributed by atoms with E-state index in [-0.39, 0.29) is 0 Å². The fraction of sp³-hybridized carbons (Fsp3) is 0. The van der Waals surface area contributed by atoms with E-state index in [0.29, 0.717) is 17.5 Å². The summed E-state index contributed by atoms with van der Waals surface area (Å²) in [5, 5.41) is 5.10. The highest BCUT2D eigenvalue weighted by molar-refractivity contribution is 7.25. The van der Waals surface area contributed by atoms with Crippen molar-refractivity contribution < 1.29 is 0 Å². The summed E-state index contributed by atoms with van der Waals surface area (Å²) in [5.74, 6) is 1.95. The van der Waals surface area contributed by atoms with Gasteiger partial charge in [0.1, 0.15) is 0 Å². The van der Waals surface area contributed by atoms with E-state index >= 15 is 0 Å². The highest BCUT2D eigenvalue weighted by atomic mass is 32.1. The van der Waals surface area contributed by atoms with Crippen LogP contribution in [0.1, 0.15) is 0 Å². The number of thiophene rings is 1. The largest absolute Gasteiger partial charge is 0.208 e. The molecule has 7 aromatic carbocycles. The first kappa shape index (κ1) is 27.3. The lowest BCUT2D eigenvalue weighted by Gasteiger charge is -2.11. The van der Waals surface area contributed by atoms with E-state index in [4.69, 9.17) is 15.0 Å². The molecule has 0 aliphatic carbocycles. The molecule has 2 aromatic heterocycles. The van der Waals surface area contributed by atoms with Crippen molar-refractivity contribution in [3.8, 4) is 56.4 Å². The smallest absolute Gasteiger partial charge is 0.164 e. The second-order valence-electron chi connectivity index (χ2n) is 11.7. The highest BCUT2D eigenvalue weighted by Crippen LogP contribution is 2.39. The molecular formula is C43H27N3S. The third kappa shape index (κ3) is 5.05. The standard InChI is InChI=1S/C43H27N3S/c1-3-11-28(12-4-1)29-21-23-31(24-22-29)42-44-41(30-13-5-2-6-14-30)45-43(46-42)34-17-9-15-32(25-34)35-19-10-16-33-26-38-36-18-7-8-20-39(36)47-40(38)27-37(33)35/h1-27H. The lowest BCUT2D eigenvalue weighted by molar-refractivity contribution is 1.07. The maximum absolute atomic E-state index is 5.04. The molecule has 0 aliphatic heterocycles. The molecule has 47 heavy (non-hydrogen) atoms. The molecule has 0 fully saturated rings. The average molecular weight is 618 g/mol. The number of benzene rings is 7. The van der Waals surface area contributed by atoms with Gasteiger partial charge in [0.15, 0.2) is 17.5 Å². The molecule has 0 unspecified atom stereocenters. The third-order valence-electron chi connectivity index (χ3n) is 8.73. The lowest BCUT2D eigenvalue weighted by Crippen LogP contribution is -2.00. The van der Waals surface area contributed by atoms with Gasteiger partial charge in [-0.05, 0) is 57.3 Å². The van der Waals surface area contributed by atoms with Crippen LogP contribution in [0.25, 0.3) is 87.4 Å². The zero-order valence-corrected chi connectivity index (χ0v) is 26.2. The molecule has 4 heteroatoms. The Kier molecular flexibility index (Phi) is 6.65. The van der Waals surface area contributed by atoms with Crippen molar-refractivity contribution in [2.75, 3.05) is 0 Å². The summed E-state index contributed by atoms with van der Waals surface area (Å²) in [6.07, 6.45) is 0. The summed E-state index contributed by atoms with van der Waals surface area (Å²) < 4.78 is 2.62. The first-order valence-electron chi connectivity index (χ1n) is 15.7. The molecular weight excluding hydrogens is 591 g/mol. The molecule has 9 rings (SSSR count). The first-order chi connectivity index (χ1) is 23.3. The highest BCUT2D eigenvalue weighted by Gasteiger charge is 2.15. The van der Waals surface area contributed by atoms with Gasteiger partial charge in [-0.2, -0.15) is 0 Å². The Morgan fingerprint density at radius 1 is 0.319 bits per heavy atom. The average Bonchev–Trinajstić information content (AvgIpc) is 3.52. The molecule has 0 amide bonds. The van der Waals surface area contributed by atoms with Gasteiger partial charge in [-0.15, -0.1) is 11.3 Å². The van der Waals surface area contributed by atoms with Gasteiger partial charge in [0, 0.05) is 36.9 Å². The molecule has 2 heterocycles. The molecule has 3 nitrogen and oxygen atoms in total. The fourth-order valence-corrected chi connectivity index (χ4v) is 7.49. The van der Waals surface area contributed by atoms with Crippen molar-refractivity contribution in [1.29, 1.82) is 0 Å². The molecule has 0 saturated carbocycles. The Morgan fingerprint density at radius 2 is 0.872 bits per heavy atom. The van der Waals surface area contributed by atoms with Crippen LogP contribution in [-0.2, 0) is 0 Å². The Hall–Kier alpha value is -5.97. The molecule has 0 aliphatic rings. The van der Waals surface area contributed by atoms with Crippen LogP contribution in [0.2, 0.25) is 0 Å². The van der Waals surface area contributed by atoms with Crippen LogP contribution in [0.4, 0.5) is 0 Å². The Labute approximate surface area is 276 Å². The number of hydrogen-bond acceptors (Lipinski definition) is 4. The van der Waals surface area contributed by atoms with E-state index in [9.17, 15) is 0 Å². The maximum Gasteiger partial charge on any atom is 0.164 e. The van der Waals surface area contributed by atoms with Gasteiger partial charge in [0.2, 0.25) is 0 Å². The summed E-state index contributed by atoms with van der Waals surface area (Å²) in [6.45, 7) is 0. The Morgan fingerprint density at radius 3 is 1.64 bits per heavy atom. The van der Waals surface area contributed by atoms with Crippen LogP contribution >= 0.6 is 11.3 Å². The van der Waals surface area contributed by atoms with Crippen molar-refractivity contribution in [3.05, 3.63) is 164 Å². The third-order valence-corrected chi connectivity index (χ3v) is 9.86. The second kappa shape index (κ2) is 11.4. The predicted molar refractivity (Wildman–Crippen MR) is 197 cm³/mol. The minimum Gasteiger partial charge on any atom is -0.208 e. The van der Waals surface area contributed by atoms with Crippen LogP contribution in [0, 0.1) is 0 Å². The zero-order valence-electron chi connectivity index (χ0n) is 25.3. The number of aromatic nitrogens is 3. The van der Waals surface area contributed by atoms with Gasteiger partial charge < -0.3 is 0 Å². The minimum absolute atomic E-state index is 0.648. The summed E-state index contributed by atoms with van der Waals surface area (Å²) in [6, 6.07) is 57.5. The van der Waals surface area contributed by atoms with Crippen LogP contribution in [0.5, 0.6) is 0 Å². The van der Waals surface area contributed by atoms with Crippen LogP contribution in [0.15, 0.2) is 164 Å². The number of nitrogens with zero attached hydrogens (tertiary/aromatic N) is 3. The number of rotatable bonds is 5. The van der Waals surface area contributed by atoms with Gasteiger partial charge in [-0.1, -0.05) is 140 Å². The van der Waals surface area contributed by atoms with E-state index in [0.717, 1.165) is 27.8 Å².